The molecule has 9 nitrogen and oxygen atoms in total. The Labute approximate surface area is 232 Å². The smallest absolute Gasteiger partial charge is 0.409 e. The maximum atomic E-state index is 14.6. The van der Waals surface area contributed by atoms with Gasteiger partial charge in [-0.1, -0.05) is 13.3 Å². The average molecular weight is 553 g/mol. The zero-order valence-electron chi connectivity index (χ0n) is 22.6. The van der Waals surface area contributed by atoms with E-state index in [-0.39, 0.29) is 18.0 Å². The van der Waals surface area contributed by atoms with Gasteiger partial charge in [0.05, 0.1) is 18.8 Å². The van der Waals surface area contributed by atoms with Gasteiger partial charge in [-0.2, -0.15) is 5.10 Å². The van der Waals surface area contributed by atoms with Gasteiger partial charge in [0.15, 0.2) is 5.65 Å². The van der Waals surface area contributed by atoms with Gasteiger partial charge in [-0.05, 0) is 56.0 Å². The Balaban J connectivity index is 1.27. The van der Waals surface area contributed by atoms with E-state index in [0.717, 1.165) is 31.4 Å². The number of fused-ring (bicyclic) bond motifs is 1. The number of aromatic nitrogens is 3. The first-order valence-corrected chi connectivity index (χ1v) is 13.9. The molecule has 2 aromatic heterocycles. The highest BCUT2D eigenvalue weighted by Gasteiger charge is 2.30. The Bertz CT molecular complexity index is 1390. The summed E-state index contributed by atoms with van der Waals surface area (Å²) in [5.41, 5.74) is 1.55. The number of amides is 2. The zero-order valence-corrected chi connectivity index (χ0v) is 22.6. The quantitative estimate of drug-likeness (QED) is 0.308. The number of nitrogens with zero attached hydrogens (tertiary/aromatic N) is 6. The second-order valence-electron chi connectivity index (χ2n) is 10.1. The first kappa shape index (κ1) is 27.5. The third-order valence-corrected chi connectivity index (χ3v) is 7.44. The molecule has 2 saturated heterocycles. The number of carbonyl (C=O) groups is 2. The fourth-order valence-corrected chi connectivity index (χ4v) is 5.27. The van der Waals surface area contributed by atoms with Gasteiger partial charge >= 0.3 is 6.09 Å². The van der Waals surface area contributed by atoms with Crippen LogP contribution in [-0.4, -0.2) is 75.7 Å². The molecule has 0 saturated carbocycles. The van der Waals surface area contributed by atoms with Crippen molar-refractivity contribution in [1.82, 2.24) is 24.4 Å². The fraction of sp³-hybridized carbons (Fsp3) is 0.448. The monoisotopic (exact) mass is 552 g/mol. The van der Waals surface area contributed by atoms with Gasteiger partial charge in [0.1, 0.15) is 17.5 Å². The number of halogens is 2. The van der Waals surface area contributed by atoms with Crippen LogP contribution in [0.5, 0.6) is 0 Å². The van der Waals surface area contributed by atoms with Crippen molar-refractivity contribution >= 4 is 29.5 Å². The van der Waals surface area contributed by atoms with E-state index in [1.54, 1.807) is 32.8 Å². The van der Waals surface area contributed by atoms with Crippen LogP contribution in [0.1, 0.15) is 56.2 Å². The van der Waals surface area contributed by atoms with E-state index in [2.05, 4.69) is 5.10 Å². The van der Waals surface area contributed by atoms with E-state index < -0.39 is 11.6 Å². The molecule has 2 aliphatic heterocycles. The second kappa shape index (κ2) is 12.4. The van der Waals surface area contributed by atoms with E-state index >= 15 is 0 Å². The number of hydrogen-bond acceptors (Lipinski definition) is 6. The molecule has 0 aliphatic carbocycles. The lowest BCUT2D eigenvalue weighted by atomic mass is 10.0. The Hall–Kier alpha value is -4.02. The molecule has 0 N–H and O–H groups in total. The lowest BCUT2D eigenvalue weighted by Gasteiger charge is -2.26. The summed E-state index contributed by atoms with van der Waals surface area (Å²) < 4.78 is 35.4. The molecule has 2 aliphatic rings. The summed E-state index contributed by atoms with van der Waals surface area (Å²) in [6.45, 7) is 5.07. The molecule has 2 amide bonds. The molecular formula is C29H34F2N6O3. The Kier molecular flexibility index (Phi) is 8.57. The van der Waals surface area contributed by atoms with Crippen molar-refractivity contribution < 1.29 is 23.1 Å². The van der Waals surface area contributed by atoms with Crippen molar-refractivity contribution in [3.63, 3.8) is 0 Å². The minimum Gasteiger partial charge on any atom is -0.449 e. The molecule has 5 rings (SSSR count). The first-order chi connectivity index (χ1) is 19.4. The van der Waals surface area contributed by atoms with E-state index in [4.69, 9.17) is 9.72 Å². The van der Waals surface area contributed by atoms with Crippen molar-refractivity contribution in [3.8, 4) is 0 Å². The van der Waals surface area contributed by atoms with E-state index in [1.165, 1.54) is 12.1 Å². The van der Waals surface area contributed by atoms with Crippen LogP contribution in [0.4, 0.5) is 19.4 Å². The van der Waals surface area contributed by atoms with Crippen molar-refractivity contribution in [2.45, 2.75) is 45.1 Å². The molecule has 212 valence electrons. The molecule has 1 atom stereocenters. The van der Waals surface area contributed by atoms with Crippen LogP contribution in [-0.2, 0) is 9.53 Å². The number of benzene rings is 1. The SMILES string of the molecule is CCCCOC(=O)N1CCCN(C(=O)/C=C/c2cnn3ccc(N4CCCC4c4cc(F)ccc4F)nc23)CC1. The average Bonchev–Trinajstić information content (AvgIpc) is 3.52. The van der Waals surface area contributed by atoms with Crippen molar-refractivity contribution in [1.29, 1.82) is 0 Å². The van der Waals surface area contributed by atoms with Gasteiger partial charge in [-0.15, -0.1) is 0 Å². The van der Waals surface area contributed by atoms with Crippen LogP contribution in [0, 0.1) is 11.6 Å². The van der Waals surface area contributed by atoms with Gasteiger partial charge in [-0.3, -0.25) is 4.79 Å². The van der Waals surface area contributed by atoms with Crippen LogP contribution in [0.2, 0.25) is 0 Å². The molecule has 0 spiro atoms. The summed E-state index contributed by atoms with van der Waals surface area (Å²) in [5.74, 6) is -0.420. The molecule has 0 radical (unpaired) electrons. The van der Waals surface area contributed by atoms with Gasteiger partial charge < -0.3 is 19.4 Å². The standard InChI is InChI=1S/C29H34F2N6O3/c1-2-3-18-40-29(39)35-13-5-12-34(16-17-35)27(38)10-7-21-20-32-37-15-11-26(33-28(21)37)36-14-4-6-25(36)23-19-22(30)8-9-24(23)31/h7-11,15,19-20,25H,2-6,12-14,16-18H2,1H3/b10-7+. The summed E-state index contributed by atoms with van der Waals surface area (Å²) in [4.78, 5) is 35.4. The molecule has 3 aromatic rings. The first-order valence-electron chi connectivity index (χ1n) is 13.9. The zero-order chi connectivity index (χ0) is 28.1. The lowest BCUT2D eigenvalue weighted by molar-refractivity contribution is -0.125. The molecule has 1 aromatic carbocycles. The minimum absolute atomic E-state index is 0.155. The lowest BCUT2D eigenvalue weighted by Crippen LogP contribution is -2.37. The molecular weight excluding hydrogens is 518 g/mol. The molecule has 2 fully saturated rings. The van der Waals surface area contributed by atoms with Gasteiger partial charge in [0.2, 0.25) is 5.91 Å². The summed E-state index contributed by atoms with van der Waals surface area (Å²) in [5, 5.41) is 4.35. The van der Waals surface area contributed by atoms with Crippen LogP contribution < -0.4 is 4.90 Å². The third kappa shape index (κ3) is 6.08. The van der Waals surface area contributed by atoms with Crippen LogP contribution >= 0.6 is 0 Å². The van der Waals surface area contributed by atoms with Gasteiger partial charge in [-0.25, -0.2) is 23.1 Å². The Morgan fingerprint density at radius 2 is 1.90 bits per heavy atom. The van der Waals surface area contributed by atoms with Crippen molar-refractivity contribution in [2.75, 3.05) is 44.2 Å². The number of hydrogen-bond donors (Lipinski definition) is 0. The van der Waals surface area contributed by atoms with Gasteiger partial charge in [0.25, 0.3) is 0 Å². The Morgan fingerprint density at radius 3 is 2.75 bits per heavy atom. The summed E-state index contributed by atoms with van der Waals surface area (Å²) in [6, 6.07) is 5.03. The summed E-state index contributed by atoms with van der Waals surface area (Å²) in [7, 11) is 0. The Morgan fingerprint density at radius 1 is 1.07 bits per heavy atom. The predicted octanol–water partition coefficient (Wildman–Crippen LogP) is 4.83. The third-order valence-electron chi connectivity index (χ3n) is 7.44. The number of ether oxygens (including phenoxy) is 1. The van der Waals surface area contributed by atoms with Crippen LogP contribution in [0.15, 0.2) is 42.7 Å². The molecule has 1 unspecified atom stereocenters. The van der Waals surface area contributed by atoms with Crippen LogP contribution in [0.3, 0.4) is 0 Å². The van der Waals surface area contributed by atoms with Crippen molar-refractivity contribution in [2.24, 2.45) is 0 Å². The maximum absolute atomic E-state index is 14.6. The molecule has 0 bridgehead atoms. The van der Waals surface area contributed by atoms with E-state index in [1.807, 2.05) is 17.9 Å². The topological polar surface area (TPSA) is 83.3 Å². The highest BCUT2D eigenvalue weighted by Crippen LogP contribution is 2.37. The molecule has 4 heterocycles. The highest BCUT2D eigenvalue weighted by molar-refractivity contribution is 5.92. The maximum Gasteiger partial charge on any atom is 0.409 e. The number of anilines is 1. The van der Waals surface area contributed by atoms with Gasteiger partial charge in [0, 0.05) is 56.1 Å². The number of unbranched alkanes of at least 4 members (excludes halogenated alkanes) is 1. The fourth-order valence-electron chi connectivity index (χ4n) is 5.27. The number of carbonyl (C=O) groups excluding carboxylic acids is 2. The minimum atomic E-state index is -0.469. The van der Waals surface area contributed by atoms with Crippen molar-refractivity contribution in [3.05, 3.63) is 65.5 Å². The highest BCUT2D eigenvalue weighted by atomic mass is 19.1. The molecule has 40 heavy (non-hydrogen) atoms. The van der Waals surface area contributed by atoms with Crippen LogP contribution in [0.25, 0.3) is 11.7 Å². The molecule has 11 heteroatoms. The second-order valence-corrected chi connectivity index (χ2v) is 10.1. The van der Waals surface area contributed by atoms with E-state index in [0.29, 0.717) is 74.8 Å². The normalized spacial score (nSPS) is 18.1. The van der Waals surface area contributed by atoms with E-state index in [9.17, 15) is 18.4 Å². The summed E-state index contributed by atoms with van der Waals surface area (Å²) in [6.07, 6.45) is 10.3. The number of rotatable bonds is 7. The predicted molar refractivity (Wildman–Crippen MR) is 147 cm³/mol. The largest absolute Gasteiger partial charge is 0.449 e. The summed E-state index contributed by atoms with van der Waals surface area (Å²) >= 11 is 0.